The van der Waals surface area contributed by atoms with E-state index in [-0.39, 0.29) is 0 Å². The number of H-pyrrole nitrogens is 1. The van der Waals surface area contributed by atoms with Crippen molar-refractivity contribution < 1.29 is 8.42 Å². The smallest absolute Gasteiger partial charge is 0.209 e. The van der Waals surface area contributed by atoms with Crippen LogP contribution in [0.3, 0.4) is 0 Å². The molecule has 90 valence electrons. The molecule has 1 aliphatic rings. The Labute approximate surface area is 95.7 Å². The van der Waals surface area contributed by atoms with Crippen molar-refractivity contribution in [1.29, 1.82) is 0 Å². The van der Waals surface area contributed by atoms with Gasteiger partial charge >= 0.3 is 0 Å². The molecule has 0 aromatic carbocycles. The number of aromatic nitrogens is 2. The third-order valence-electron chi connectivity index (χ3n) is 2.89. The zero-order chi connectivity index (χ0) is 11.6. The van der Waals surface area contributed by atoms with Crippen LogP contribution in [0.2, 0.25) is 0 Å². The molecule has 0 saturated carbocycles. The number of nitrogens with zero attached hydrogens (tertiary/aromatic N) is 1. The third-order valence-corrected chi connectivity index (χ3v) is 3.56. The van der Waals surface area contributed by atoms with Gasteiger partial charge in [0.1, 0.15) is 0 Å². The number of hydrogen-bond donors (Lipinski definition) is 2. The molecule has 0 amide bonds. The maximum absolute atomic E-state index is 11.0. The average molecular weight is 243 g/mol. The summed E-state index contributed by atoms with van der Waals surface area (Å²) in [4.78, 5) is 0. The molecule has 1 aromatic heterocycles. The first-order chi connectivity index (χ1) is 7.56. The lowest BCUT2D eigenvalue weighted by Crippen LogP contribution is -2.22. The fourth-order valence-corrected chi connectivity index (χ4v) is 2.47. The molecule has 0 atom stereocenters. The summed E-state index contributed by atoms with van der Waals surface area (Å²) in [6.45, 7) is 0.296. The molecule has 2 rings (SSSR count). The van der Waals surface area contributed by atoms with Crippen molar-refractivity contribution in [2.45, 2.75) is 38.6 Å². The van der Waals surface area contributed by atoms with Gasteiger partial charge in [-0.15, -0.1) is 0 Å². The standard InChI is InChI=1S/C10H17N3O2S/c1-16(14,15)11-7-10-8-5-3-2-4-6-9(8)12-13-10/h11H,2-7H2,1H3,(H,12,13). The highest BCUT2D eigenvalue weighted by molar-refractivity contribution is 7.88. The molecule has 0 radical (unpaired) electrons. The molecule has 0 aliphatic heterocycles. The summed E-state index contributed by atoms with van der Waals surface area (Å²) in [5, 5.41) is 7.21. The van der Waals surface area contributed by atoms with Crippen LogP contribution >= 0.6 is 0 Å². The maximum Gasteiger partial charge on any atom is 0.209 e. The summed E-state index contributed by atoms with van der Waals surface area (Å²) >= 11 is 0. The van der Waals surface area contributed by atoms with Gasteiger partial charge in [0, 0.05) is 5.69 Å². The molecule has 0 fully saturated rings. The topological polar surface area (TPSA) is 74.8 Å². The predicted octanol–water partition coefficient (Wildman–Crippen LogP) is 0.728. The number of aromatic amines is 1. The van der Waals surface area contributed by atoms with Crippen LogP contribution in [0, 0.1) is 0 Å². The van der Waals surface area contributed by atoms with Crippen molar-refractivity contribution in [1.82, 2.24) is 14.9 Å². The quantitative estimate of drug-likeness (QED) is 0.768. The van der Waals surface area contributed by atoms with E-state index in [0.717, 1.165) is 18.5 Å². The number of rotatable bonds is 3. The number of fused-ring (bicyclic) bond motifs is 1. The van der Waals surface area contributed by atoms with Gasteiger partial charge in [-0.2, -0.15) is 5.10 Å². The molecule has 0 spiro atoms. The first-order valence-corrected chi connectivity index (χ1v) is 7.45. The second kappa shape index (κ2) is 4.55. The molecule has 0 unspecified atom stereocenters. The molecule has 6 heteroatoms. The molecule has 1 heterocycles. The van der Waals surface area contributed by atoms with Crippen molar-refractivity contribution in [3.8, 4) is 0 Å². The van der Waals surface area contributed by atoms with Crippen LogP contribution in [0.5, 0.6) is 0 Å². The lowest BCUT2D eigenvalue weighted by atomic mass is 10.1. The fourth-order valence-electron chi connectivity index (χ4n) is 2.07. The summed E-state index contributed by atoms with van der Waals surface area (Å²) in [6.07, 6.45) is 6.79. The van der Waals surface area contributed by atoms with Gasteiger partial charge in [0.15, 0.2) is 0 Å². The van der Waals surface area contributed by atoms with Gasteiger partial charge in [0.25, 0.3) is 0 Å². The van der Waals surface area contributed by atoms with Crippen LogP contribution in [0.4, 0.5) is 0 Å². The summed E-state index contributed by atoms with van der Waals surface area (Å²) in [7, 11) is -3.14. The van der Waals surface area contributed by atoms with Crippen molar-refractivity contribution >= 4 is 10.0 Å². The van der Waals surface area contributed by atoms with Gasteiger partial charge in [-0.25, -0.2) is 13.1 Å². The van der Waals surface area contributed by atoms with Gasteiger partial charge in [-0.05, 0) is 31.2 Å². The second-order valence-corrected chi connectivity index (χ2v) is 6.11. The maximum atomic E-state index is 11.0. The molecular formula is C10H17N3O2S. The number of hydrogen-bond acceptors (Lipinski definition) is 3. The highest BCUT2D eigenvalue weighted by atomic mass is 32.2. The van der Waals surface area contributed by atoms with Crippen LogP contribution in [0.25, 0.3) is 0 Å². The number of aryl methyl sites for hydroxylation is 1. The Bertz CT molecular complexity index is 464. The Hall–Kier alpha value is -0.880. The fraction of sp³-hybridized carbons (Fsp3) is 0.700. The Kier molecular flexibility index (Phi) is 3.30. The van der Waals surface area contributed by atoms with E-state index in [1.54, 1.807) is 0 Å². The van der Waals surface area contributed by atoms with E-state index in [2.05, 4.69) is 14.9 Å². The first kappa shape index (κ1) is 11.6. The minimum atomic E-state index is -3.14. The van der Waals surface area contributed by atoms with E-state index in [9.17, 15) is 8.42 Å². The Morgan fingerprint density at radius 3 is 2.81 bits per heavy atom. The van der Waals surface area contributed by atoms with E-state index >= 15 is 0 Å². The van der Waals surface area contributed by atoms with E-state index in [1.165, 1.54) is 36.8 Å². The van der Waals surface area contributed by atoms with Crippen molar-refractivity contribution in [2.24, 2.45) is 0 Å². The van der Waals surface area contributed by atoms with Gasteiger partial charge in [-0.3, -0.25) is 5.10 Å². The lowest BCUT2D eigenvalue weighted by Gasteiger charge is -2.02. The molecule has 1 aliphatic carbocycles. The lowest BCUT2D eigenvalue weighted by molar-refractivity contribution is 0.586. The zero-order valence-corrected chi connectivity index (χ0v) is 10.2. The van der Waals surface area contributed by atoms with Crippen molar-refractivity contribution in [2.75, 3.05) is 6.26 Å². The van der Waals surface area contributed by atoms with Gasteiger partial charge in [0.2, 0.25) is 10.0 Å². The van der Waals surface area contributed by atoms with E-state index in [4.69, 9.17) is 0 Å². The average Bonchev–Trinajstić information content (AvgIpc) is 2.43. The monoisotopic (exact) mass is 243 g/mol. The Morgan fingerprint density at radius 1 is 1.31 bits per heavy atom. The van der Waals surface area contributed by atoms with Crippen molar-refractivity contribution in [3.05, 3.63) is 17.0 Å². The van der Waals surface area contributed by atoms with Crippen molar-refractivity contribution in [3.63, 3.8) is 0 Å². The molecule has 1 aromatic rings. The molecule has 16 heavy (non-hydrogen) atoms. The van der Waals surface area contributed by atoms with E-state index < -0.39 is 10.0 Å². The number of sulfonamides is 1. The zero-order valence-electron chi connectivity index (χ0n) is 9.41. The molecule has 0 bridgehead atoms. The third kappa shape index (κ3) is 2.82. The summed E-state index contributed by atoms with van der Waals surface area (Å²) < 4.78 is 24.5. The Morgan fingerprint density at radius 2 is 2.06 bits per heavy atom. The van der Waals surface area contributed by atoms with E-state index in [1.807, 2.05) is 0 Å². The molecular weight excluding hydrogens is 226 g/mol. The van der Waals surface area contributed by atoms with Gasteiger partial charge in [0.05, 0.1) is 18.5 Å². The SMILES string of the molecule is CS(=O)(=O)NCc1n[nH]c2c1CCCCC2. The summed E-state index contributed by atoms with van der Waals surface area (Å²) in [5.74, 6) is 0. The molecule has 2 N–H and O–H groups in total. The molecule has 5 nitrogen and oxygen atoms in total. The van der Waals surface area contributed by atoms with Crippen LogP contribution < -0.4 is 4.72 Å². The van der Waals surface area contributed by atoms with E-state index in [0.29, 0.717) is 6.54 Å². The van der Waals surface area contributed by atoms with Crippen LogP contribution in [0.15, 0.2) is 0 Å². The molecule has 0 saturated heterocycles. The Balaban J connectivity index is 2.13. The van der Waals surface area contributed by atoms with Crippen LogP contribution in [-0.2, 0) is 29.4 Å². The highest BCUT2D eigenvalue weighted by Crippen LogP contribution is 2.21. The first-order valence-electron chi connectivity index (χ1n) is 5.56. The van der Waals surface area contributed by atoms with Crippen LogP contribution in [0.1, 0.15) is 36.2 Å². The minimum absolute atomic E-state index is 0.296. The predicted molar refractivity (Wildman–Crippen MR) is 61.5 cm³/mol. The number of nitrogens with one attached hydrogen (secondary N) is 2. The van der Waals surface area contributed by atoms with Crippen LogP contribution in [-0.4, -0.2) is 24.9 Å². The second-order valence-electron chi connectivity index (χ2n) is 4.28. The summed E-state index contributed by atoms with van der Waals surface area (Å²) in [5.41, 5.74) is 3.25. The summed E-state index contributed by atoms with van der Waals surface area (Å²) in [6, 6.07) is 0. The highest BCUT2D eigenvalue weighted by Gasteiger charge is 2.16. The largest absolute Gasteiger partial charge is 0.282 e. The normalized spacial score (nSPS) is 16.8. The van der Waals surface area contributed by atoms with Gasteiger partial charge < -0.3 is 0 Å². The van der Waals surface area contributed by atoms with Gasteiger partial charge in [-0.1, -0.05) is 6.42 Å². The minimum Gasteiger partial charge on any atom is -0.282 e.